The van der Waals surface area contributed by atoms with Gasteiger partial charge >= 0.3 is 6.03 Å². The van der Waals surface area contributed by atoms with Crippen LogP contribution in [-0.4, -0.2) is 44.3 Å². The topological polar surface area (TPSA) is 97.2 Å². The zero-order valence-electron chi connectivity index (χ0n) is 10.8. The lowest BCUT2D eigenvalue weighted by Gasteiger charge is -2.34. The van der Waals surface area contributed by atoms with Crippen molar-refractivity contribution >= 4 is 17.8 Å². The quantitative estimate of drug-likeness (QED) is 0.758. The second kappa shape index (κ2) is 4.79. The van der Waals surface area contributed by atoms with Crippen molar-refractivity contribution in [1.82, 2.24) is 25.2 Å². The standard InChI is InChI=1S/C11H15N5O3/c1-11(2)8(17)13-10(19)16(9(11)18)6-3-5-15-7-4-12-14-15/h4,7H,3,5-6H2,1-2H3,(H,13,17,19). The Kier molecular flexibility index (Phi) is 3.32. The Bertz CT molecular complexity index is 508. The summed E-state index contributed by atoms with van der Waals surface area (Å²) in [7, 11) is 0. The maximum Gasteiger partial charge on any atom is 0.330 e. The van der Waals surface area contributed by atoms with Gasteiger partial charge in [-0.05, 0) is 20.3 Å². The molecule has 0 aliphatic carbocycles. The number of hydrogen-bond donors (Lipinski definition) is 1. The molecule has 1 N–H and O–H groups in total. The first-order valence-electron chi connectivity index (χ1n) is 5.94. The van der Waals surface area contributed by atoms with E-state index in [2.05, 4.69) is 15.6 Å². The van der Waals surface area contributed by atoms with Gasteiger partial charge in [0.2, 0.25) is 11.8 Å². The largest absolute Gasteiger partial charge is 0.330 e. The minimum atomic E-state index is -1.21. The zero-order valence-corrected chi connectivity index (χ0v) is 10.8. The first-order valence-corrected chi connectivity index (χ1v) is 5.94. The van der Waals surface area contributed by atoms with Gasteiger partial charge in [-0.25, -0.2) is 4.79 Å². The van der Waals surface area contributed by atoms with Gasteiger partial charge in [0.15, 0.2) is 0 Å². The van der Waals surface area contributed by atoms with Crippen LogP contribution in [0.2, 0.25) is 0 Å². The van der Waals surface area contributed by atoms with E-state index in [9.17, 15) is 14.4 Å². The lowest BCUT2D eigenvalue weighted by Crippen LogP contribution is -2.62. The fourth-order valence-electron chi connectivity index (χ4n) is 1.79. The number of carbonyl (C=O) groups excluding carboxylic acids is 3. The van der Waals surface area contributed by atoms with Crippen LogP contribution in [0.4, 0.5) is 4.79 Å². The van der Waals surface area contributed by atoms with E-state index >= 15 is 0 Å². The number of aromatic nitrogens is 3. The number of urea groups is 1. The molecule has 1 saturated heterocycles. The number of nitrogens with one attached hydrogen (secondary N) is 1. The van der Waals surface area contributed by atoms with Crippen molar-refractivity contribution in [2.45, 2.75) is 26.8 Å². The first-order chi connectivity index (χ1) is 8.93. The number of nitrogens with zero attached hydrogens (tertiary/aromatic N) is 4. The maximum absolute atomic E-state index is 12.1. The first kappa shape index (κ1) is 13.2. The molecular formula is C11H15N5O3. The van der Waals surface area contributed by atoms with Gasteiger partial charge in [-0.15, -0.1) is 5.10 Å². The number of imide groups is 2. The Labute approximate surface area is 109 Å². The third-order valence-corrected chi connectivity index (χ3v) is 3.05. The Morgan fingerprint density at radius 2 is 2.00 bits per heavy atom. The summed E-state index contributed by atoms with van der Waals surface area (Å²) in [6.45, 7) is 3.79. The highest BCUT2D eigenvalue weighted by molar-refractivity contribution is 6.18. The van der Waals surface area contributed by atoms with Crippen LogP contribution in [0.1, 0.15) is 20.3 Å². The predicted molar refractivity (Wildman–Crippen MR) is 63.7 cm³/mol. The summed E-state index contributed by atoms with van der Waals surface area (Å²) in [5.74, 6) is -1.03. The summed E-state index contributed by atoms with van der Waals surface area (Å²) in [4.78, 5) is 36.3. The van der Waals surface area contributed by atoms with Gasteiger partial charge in [0, 0.05) is 19.3 Å². The van der Waals surface area contributed by atoms with Crippen LogP contribution in [-0.2, 0) is 16.1 Å². The molecule has 1 aliphatic heterocycles. The SMILES string of the molecule is CC1(C)C(=O)NC(=O)N(CCCn2ccnn2)C1=O. The van der Waals surface area contributed by atoms with Crippen LogP contribution in [0.3, 0.4) is 0 Å². The molecule has 0 spiro atoms. The van der Waals surface area contributed by atoms with Crippen LogP contribution >= 0.6 is 0 Å². The summed E-state index contributed by atoms with van der Waals surface area (Å²) in [5, 5.41) is 9.63. The molecule has 2 heterocycles. The predicted octanol–water partition coefficient (Wildman–Crippen LogP) is -0.227. The number of hydrogen-bond acceptors (Lipinski definition) is 5. The van der Waals surface area contributed by atoms with E-state index in [1.165, 1.54) is 13.8 Å². The Balaban J connectivity index is 1.97. The normalized spacial score (nSPS) is 18.6. The lowest BCUT2D eigenvalue weighted by atomic mass is 9.89. The molecule has 0 radical (unpaired) electrons. The third-order valence-electron chi connectivity index (χ3n) is 3.05. The molecule has 1 fully saturated rings. The summed E-state index contributed by atoms with van der Waals surface area (Å²) >= 11 is 0. The highest BCUT2D eigenvalue weighted by Crippen LogP contribution is 2.23. The zero-order chi connectivity index (χ0) is 14.0. The molecule has 0 bridgehead atoms. The van der Waals surface area contributed by atoms with Gasteiger partial charge in [-0.1, -0.05) is 5.21 Å². The average molecular weight is 265 g/mol. The molecule has 1 aromatic heterocycles. The van der Waals surface area contributed by atoms with E-state index in [1.54, 1.807) is 17.1 Å². The van der Waals surface area contributed by atoms with Crippen LogP contribution in [0.5, 0.6) is 0 Å². The lowest BCUT2D eigenvalue weighted by molar-refractivity contribution is -0.149. The van der Waals surface area contributed by atoms with Gasteiger partial charge in [0.05, 0.1) is 6.20 Å². The second-order valence-electron chi connectivity index (χ2n) is 4.86. The van der Waals surface area contributed by atoms with Crippen LogP contribution < -0.4 is 5.32 Å². The summed E-state index contributed by atoms with van der Waals surface area (Å²) in [6.07, 6.45) is 3.80. The summed E-state index contributed by atoms with van der Waals surface area (Å²) in [6, 6.07) is -0.659. The molecule has 2 rings (SSSR count). The number of barbiturate groups is 1. The Morgan fingerprint density at radius 1 is 1.26 bits per heavy atom. The number of amides is 4. The maximum atomic E-state index is 12.1. The molecule has 0 unspecified atom stereocenters. The molecule has 1 aromatic rings. The van der Waals surface area contributed by atoms with Crippen LogP contribution in [0.25, 0.3) is 0 Å². The highest BCUT2D eigenvalue weighted by atomic mass is 16.2. The minimum absolute atomic E-state index is 0.237. The van der Waals surface area contributed by atoms with E-state index in [1.807, 2.05) is 0 Å². The van der Waals surface area contributed by atoms with Crippen molar-refractivity contribution in [3.8, 4) is 0 Å². The number of aryl methyl sites for hydroxylation is 1. The third kappa shape index (κ3) is 2.47. The molecule has 8 heteroatoms. The van der Waals surface area contributed by atoms with E-state index in [0.717, 1.165) is 4.90 Å². The van der Waals surface area contributed by atoms with E-state index in [-0.39, 0.29) is 6.54 Å². The number of rotatable bonds is 4. The molecule has 1 aliphatic rings. The van der Waals surface area contributed by atoms with E-state index < -0.39 is 23.3 Å². The van der Waals surface area contributed by atoms with E-state index in [0.29, 0.717) is 13.0 Å². The van der Waals surface area contributed by atoms with Crippen molar-refractivity contribution in [3.05, 3.63) is 12.4 Å². The second-order valence-corrected chi connectivity index (χ2v) is 4.86. The fourth-order valence-corrected chi connectivity index (χ4v) is 1.79. The van der Waals surface area contributed by atoms with E-state index in [4.69, 9.17) is 0 Å². The Morgan fingerprint density at radius 3 is 2.63 bits per heavy atom. The smallest absolute Gasteiger partial charge is 0.277 e. The van der Waals surface area contributed by atoms with Gasteiger partial charge < -0.3 is 0 Å². The van der Waals surface area contributed by atoms with Crippen molar-refractivity contribution in [2.24, 2.45) is 5.41 Å². The molecule has 19 heavy (non-hydrogen) atoms. The Hall–Kier alpha value is -2.25. The summed E-state index contributed by atoms with van der Waals surface area (Å²) < 4.78 is 1.61. The van der Waals surface area contributed by atoms with Gasteiger partial charge in [-0.2, -0.15) is 0 Å². The van der Waals surface area contributed by atoms with Crippen molar-refractivity contribution in [3.63, 3.8) is 0 Å². The van der Waals surface area contributed by atoms with Gasteiger partial charge in [-0.3, -0.25) is 24.5 Å². The van der Waals surface area contributed by atoms with Crippen molar-refractivity contribution < 1.29 is 14.4 Å². The van der Waals surface area contributed by atoms with Crippen LogP contribution in [0, 0.1) is 5.41 Å². The molecule has 8 nitrogen and oxygen atoms in total. The summed E-state index contributed by atoms with van der Waals surface area (Å²) in [5.41, 5.74) is -1.21. The molecule has 102 valence electrons. The van der Waals surface area contributed by atoms with Gasteiger partial charge in [0.25, 0.3) is 0 Å². The highest BCUT2D eigenvalue weighted by Gasteiger charge is 2.46. The van der Waals surface area contributed by atoms with Crippen LogP contribution in [0.15, 0.2) is 12.4 Å². The van der Waals surface area contributed by atoms with Gasteiger partial charge in [0.1, 0.15) is 5.41 Å². The minimum Gasteiger partial charge on any atom is -0.277 e. The molecular weight excluding hydrogens is 250 g/mol. The molecule has 0 atom stereocenters. The van der Waals surface area contributed by atoms with Crippen molar-refractivity contribution in [2.75, 3.05) is 6.54 Å². The molecule has 0 saturated carbocycles. The fraction of sp³-hybridized carbons (Fsp3) is 0.545. The molecule has 0 aromatic carbocycles. The monoisotopic (exact) mass is 265 g/mol. The molecule has 4 amide bonds. The van der Waals surface area contributed by atoms with Crippen molar-refractivity contribution in [1.29, 1.82) is 0 Å². The average Bonchev–Trinajstić information content (AvgIpc) is 2.85. The number of carbonyl (C=O) groups is 3.